The van der Waals surface area contributed by atoms with E-state index in [2.05, 4.69) is 0 Å². The van der Waals surface area contributed by atoms with Gasteiger partial charge in [-0.05, 0) is 18.9 Å². The Morgan fingerprint density at radius 1 is 1.38 bits per heavy atom. The number of aliphatic hydroxyl groups excluding tert-OH is 1. The zero-order chi connectivity index (χ0) is 11.4. The second-order valence-corrected chi connectivity index (χ2v) is 4.20. The van der Waals surface area contributed by atoms with Crippen molar-refractivity contribution in [2.75, 3.05) is 6.61 Å². The molecule has 1 fully saturated rings. The quantitative estimate of drug-likeness (QED) is 0.589. The molecule has 88 valence electrons. The molecule has 1 aliphatic rings. The standard InChI is InChI=1S/C13H18O3/c1-10-13(16-10)12(14)7-8-15-9-11-5-3-2-4-6-11/h2-6,10,12-14H,7-9H2,1H3/t10-,12-,13-/m0/s1. The average Bonchev–Trinajstić information content (AvgIpc) is 3.03. The molecular weight excluding hydrogens is 204 g/mol. The first-order valence-electron chi connectivity index (χ1n) is 5.72. The van der Waals surface area contributed by atoms with Crippen LogP contribution in [0.5, 0.6) is 0 Å². The van der Waals surface area contributed by atoms with Crippen LogP contribution in [0, 0.1) is 0 Å². The van der Waals surface area contributed by atoms with E-state index in [1.165, 1.54) is 0 Å². The summed E-state index contributed by atoms with van der Waals surface area (Å²) < 4.78 is 10.7. The van der Waals surface area contributed by atoms with Crippen LogP contribution in [0.4, 0.5) is 0 Å². The summed E-state index contributed by atoms with van der Waals surface area (Å²) in [7, 11) is 0. The van der Waals surface area contributed by atoms with Crippen molar-refractivity contribution >= 4 is 0 Å². The van der Waals surface area contributed by atoms with Crippen molar-refractivity contribution in [3.8, 4) is 0 Å². The summed E-state index contributed by atoms with van der Waals surface area (Å²) in [6.07, 6.45) is 0.497. The molecule has 0 unspecified atom stereocenters. The van der Waals surface area contributed by atoms with E-state index in [-0.39, 0.29) is 18.3 Å². The van der Waals surface area contributed by atoms with Crippen LogP contribution < -0.4 is 0 Å². The van der Waals surface area contributed by atoms with E-state index in [1.54, 1.807) is 0 Å². The summed E-state index contributed by atoms with van der Waals surface area (Å²) in [5, 5.41) is 9.65. The molecule has 0 saturated carbocycles. The maximum atomic E-state index is 9.65. The third kappa shape index (κ3) is 3.30. The van der Waals surface area contributed by atoms with Crippen molar-refractivity contribution in [1.29, 1.82) is 0 Å². The summed E-state index contributed by atoms with van der Waals surface area (Å²) in [4.78, 5) is 0. The highest BCUT2D eigenvalue weighted by molar-refractivity contribution is 5.13. The fourth-order valence-corrected chi connectivity index (χ4v) is 1.74. The van der Waals surface area contributed by atoms with Gasteiger partial charge in [-0.15, -0.1) is 0 Å². The molecule has 1 aliphatic heterocycles. The Morgan fingerprint density at radius 3 is 2.69 bits per heavy atom. The summed E-state index contributed by atoms with van der Waals surface area (Å²) >= 11 is 0. The maximum absolute atomic E-state index is 9.65. The highest BCUT2D eigenvalue weighted by Crippen LogP contribution is 2.26. The Bertz CT molecular complexity index is 312. The Hall–Kier alpha value is -0.900. The van der Waals surface area contributed by atoms with Crippen LogP contribution in [-0.4, -0.2) is 30.0 Å². The fraction of sp³-hybridized carbons (Fsp3) is 0.538. The monoisotopic (exact) mass is 222 g/mol. The molecule has 0 bridgehead atoms. The molecule has 1 heterocycles. The second kappa shape index (κ2) is 5.43. The molecule has 0 spiro atoms. The molecule has 0 aliphatic carbocycles. The van der Waals surface area contributed by atoms with E-state index in [0.717, 1.165) is 5.56 Å². The molecule has 1 aromatic rings. The number of hydrogen-bond acceptors (Lipinski definition) is 3. The van der Waals surface area contributed by atoms with Crippen molar-refractivity contribution in [2.24, 2.45) is 0 Å². The molecule has 3 nitrogen and oxygen atoms in total. The predicted molar refractivity (Wildman–Crippen MR) is 61.1 cm³/mol. The Labute approximate surface area is 96.0 Å². The molecule has 0 amide bonds. The van der Waals surface area contributed by atoms with E-state index < -0.39 is 0 Å². The van der Waals surface area contributed by atoms with E-state index >= 15 is 0 Å². The minimum atomic E-state index is -0.384. The molecule has 0 aromatic heterocycles. The van der Waals surface area contributed by atoms with Gasteiger partial charge < -0.3 is 14.6 Å². The highest BCUT2D eigenvalue weighted by Gasteiger charge is 2.40. The van der Waals surface area contributed by atoms with Crippen LogP contribution in [0.25, 0.3) is 0 Å². The van der Waals surface area contributed by atoms with Crippen LogP contribution in [0.1, 0.15) is 18.9 Å². The maximum Gasteiger partial charge on any atom is 0.110 e. The van der Waals surface area contributed by atoms with Gasteiger partial charge in [0, 0.05) is 6.61 Å². The van der Waals surface area contributed by atoms with E-state index in [1.807, 2.05) is 37.3 Å². The minimum Gasteiger partial charge on any atom is -0.390 e. The third-order valence-electron chi connectivity index (χ3n) is 2.81. The second-order valence-electron chi connectivity index (χ2n) is 4.20. The lowest BCUT2D eigenvalue weighted by atomic mass is 10.1. The van der Waals surface area contributed by atoms with Crippen molar-refractivity contribution in [3.05, 3.63) is 35.9 Å². The normalized spacial score (nSPS) is 25.4. The van der Waals surface area contributed by atoms with Crippen LogP contribution in [0.15, 0.2) is 30.3 Å². The van der Waals surface area contributed by atoms with E-state index in [9.17, 15) is 5.11 Å². The lowest BCUT2D eigenvalue weighted by molar-refractivity contribution is 0.0605. The number of hydrogen-bond donors (Lipinski definition) is 1. The summed E-state index contributed by atoms with van der Waals surface area (Å²) in [6, 6.07) is 10.0. The minimum absolute atomic E-state index is 0.0281. The van der Waals surface area contributed by atoms with Crippen molar-refractivity contribution in [3.63, 3.8) is 0 Å². The van der Waals surface area contributed by atoms with Gasteiger partial charge in [0.1, 0.15) is 6.10 Å². The fourth-order valence-electron chi connectivity index (χ4n) is 1.74. The van der Waals surface area contributed by atoms with Crippen molar-refractivity contribution in [1.82, 2.24) is 0 Å². The first-order chi connectivity index (χ1) is 7.77. The zero-order valence-corrected chi connectivity index (χ0v) is 9.50. The Morgan fingerprint density at radius 2 is 2.06 bits per heavy atom. The van der Waals surface area contributed by atoms with Gasteiger partial charge in [-0.2, -0.15) is 0 Å². The Kier molecular flexibility index (Phi) is 3.93. The van der Waals surface area contributed by atoms with E-state index in [0.29, 0.717) is 19.6 Å². The van der Waals surface area contributed by atoms with Gasteiger partial charge in [-0.25, -0.2) is 0 Å². The molecule has 2 rings (SSSR count). The summed E-state index contributed by atoms with van der Waals surface area (Å²) in [5.41, 5.74) is 1.16. The topological polar surface area (TPSA) is 42.0 Å². The van der Waals surface area contributed by atoms with Gasteiger partial charge in [0.2, 0.25) is 0 Å². The van der Waals surface area contributed by atoms with Gasteiger partial charge in [0.25, 0.3) is 0 Å². The summed E-state index contributed by atoms with van der Waals surface area (Å²) in [5.74, 6) is 0. The lowest BCUT2D eigenvalue weighted by Gasteiger charge is -2.08. The van der Waals surface area contributed by atoms with Crippen molar-refractivity contribution < 1.29 is 14.6 Å². The SMILES string of the molecule is C[C@@H]1O[C@@H]1[C@@H](O)CCOCc1ccccc1. The lowest BCUT2D eigenvalue weighted by Crippen LogP contribution is -2.18. The Balaban J connectivity index is 1.58. The third-order valence-corrected chi connectivity index (χ3v) is 2.81. The van der Waals surface area contributed by atoms with Crippen LogP contribution in [0.3, 0.4) is 0 Å². The smallest absolute Gasteiger partial charge is 0.110 e. The van der Waals surface area contributed by atoms with Gasteiger partial charge in [-0.3, -0.25) is 0 Å². The van der Waals surface area contributed by atoms with Gasteiger partial charge >= 0.3 is 0 Å². The first-order valence-corrected chi connectivity index (χ1v) is 5.72. The highest BCUT2D eigenvalue weighted by atomic mass is 16.6. The molecule has 3 atom stereocenters. The predicted octanol–water partition coefficient (Wildman–Crippen LogP) is 1.74. The molecule has 1 aromatic carbocycles. The van der Waals surface area contributed by atoms with Gasteiger partial charge in [0.05, 0.1) is 18.8 Å². The molecular formula is C13H18O3. The molecule has 3 heteroatoms. The van der Waals surface area contributed by atoms with E-state index in [4.69, 9.17) is 9.47 Å². The molecule has 1 N–H and O–H groups in total. The largest absolute Gasteiger partial charge is 0.390 e. The van der Waals surface area contributed by atoms with Crippen LogP contribution in [-0.2, 0) is 16.1 Å². The number of ether oxygens (including phenoxy) is 2. The number of epoxide rings is 1. The van der Waals surface area contributed by atoms with Gasteiger partial charge in [0.15, 0.2) is 0 Å². The molecule has 16 heavy (non-hydrogen) atoms. The first kappa shape index (κ1) is 11.6. The van der Waals surface area contributed by atoms with Gasteiger partial charge in [-0.1, -0.05) is 30.3 Å². The molecule has 1 saturated heterocycles. The zero-order valence-electron chi connectivity index (χ0n) is 9.50. The molecule has 0 radical (unpaired) electrons. The van der Waals surface area contributed by atoms with Crippen molar-refractivity contribution in [2.45, 2.75) is 38.3 Å². The number of aliphatic hydroxyl groups is 1. The summed E-state index contributed by atoms with van der Waals surface area (Å²) in [6.45, 7) is 3.15. The van der Waals surface area contributed by atoms with Crippen LogP contribution in [0.2, 0.25) is 0 Å². The number of rotatable bonds is 6. The average molecular weight is 222 g/mol. The van der Waals surface area contributed by atoms with Crippen LogP contribution >= 0.6 is 0 Å². The number of benzene rings is 1.